The first-order valence-corrected chi connectivity index (χ1v) is 5.35. The van der Waals surface area contributed by atoms with Crippen LogP contribution in [-0.4, -0.2) is 4.98 Å². The van der Waals surface area contributed by atoms with Gasteiger partial charge in [-0.15, -0.1) is 11.3 Å². The number of benzene rings is 1. The Labute approximate surface area is 88.3 Å². The molecular formula is C9H6BrNOS. The van der Waals surface area contributed by atoms with Crippen molar-refractivity contribution in [3.05, 3.63) is 39.6 Å². The van der Waals surface area contributed by atoms with E-state index < -0.39 is 0 Å². The maximum Gasteiger partial charge on any atom is 0.244 e. The summed E-state index contributed by atoms with van der Waals surface area (Å²) in [5, 5.41) is 0. The molecule has 13 heavy (non-hydrogen) atoms. The van der Waals surface area contributed by atoms with E-state index in [9.17, 15) is 0 Å². The maximum absolute atomic E-state index is 5.50. The van der Waals surface area contributed by atoms with Crippen LogP contribution in [0.25, 0.3) is 0 Å². The number of nitrogens with zero attached hydrogens (tertiary/aromatic N) is 1. The molecule has 0 saturated heterocycles. The molecule has 0 radical (unpaired) electrons. The van der Waals surface area contributed by atoms with Crippen molar-refractivity contribution in [2.45, 2.75) is 0 Å². The van der Waals surface area contributed by atoms with E-state index in [1.54, 1.807) is 5.51 Å². The Morgan fingerprint density at radius 2 is 2.00 bits per heavy atom. The highest BCUT2D eigenvalue weighted by Gasteiger charge is 2.04. The Morgan fingerprint density at radius 3 is 2.62 bits per heavy atom. The van der Waals surface area contributed by atoms with Crippen molar-refractivity contribution >= 4 is 27.3 Å². The summed E-state index contributed by atoms with van der Waals surface area (Å²) >= 11 is 4.86. The minimum Gasteiger partial charge on any atom is -0.437 e. The average molecular weight is 256 g/mol. The smallest absolute Gasteiger partial charge is 0.244 e. The summed E-state index contributed by atoms with van der Waals surface area (Å²) in [5.41, 5.74) is 1.74. The predicted octanol–water partition coefficient (Wildman–Crippen LogP) is 3.70. The van der Waals surface area contributed by atoms with Crippen molar-refractivity contribution in [3.8, 4) is 11.6 Å². The molecule has 0 unspecified atom stereocenters. The van der Waals surface area contributed by atoms with Crippen molar-refractivity contribution in [2.75, 3.05) is 0 Å². The average Bonchev–Trinajstić information content (AvgIpc) is 2.54. The first-order chi connectivity index (χ1) is 6.36. The normalized spacial score (nSPS) is 9.92. The van der Waals surface area contributed by atoms with Crippen LogP contribution in [0.1, 0.15) is 0 Å². The molecule has 2 aromatic rings. The fourth-order valence-corrected chi connectivity index (χ4v) is 1.76. The second kappa shape index (κ2) is 3.89. The Bertz CT molecular complexity index is 388. The summed E-state index contributed by atoms with van der Waals surface area (Å²) < 4.78 is 6.41. The Hall–Kier alpha value is -0.870. The standard InChI is InChI=1S/C9H6BrNOS/c10-8-9(11-6-13-8)12-7-4-2-1-3-5-7/h1-6H. The van der Waals surface area contributed by atoms with E-state index >= 15 is 0 Å². The van der Waals surface area contributed by atoms with Crippen molar-refractivity contribution in [3.63, 3.8) is 0 Å². The number of ether oxygens (including phenoxy) is 1. The van der Waals surface area contributed by atoms with Crippen LogP contribution in [0, 0.1) is 0 Å². The van der Waals surface area contributed by atoms with E-state index in [-0.39, 0.29) is 0 Å². The third-order valence-corrected chi connectivity index (χ3v) is 2.94. The van der Waals surface area contributed by atoms with Crippen LogP contribution in [-0.2, 0) is 0 Å². The summed E-state index contributed by atoms with van der Waals surface area (Å²) in [4.78, 5) is 4.06. The van der Waals surface area contributed by atoms with Gasteiger partial charge in [0, 0.05) is 0 Å². The van der Waals surface area contributed by atoms with Gasteiger partial charge in [0.05, 0.1) is 5.51 Å². The first-order valence-electron chi connectivity index (χ1n) is 3.68. The van der Waals surface area contributed by atoms with Gasteiger partial charge in [0.25, 0.3) is 0 Å². The lowest BCUT2D eigenvalue weighted by Crippen LogP contribution is -1.83. The fourth-order valence-electron chi connectivity index (χ4n) is 0.888. The largest absolute Gasteiger partial charge is 0.437 e. The van der Waals surface area contributed by atoms with Crippen molar-refractivity contribution in [1.82, 2.24) is 4.98 Å². The molecule has 0 atom stereocenters. The molecule has 0 spiro atoms. The third-order valence-electron chi connectivity index (χ3n) is 1.45. The van der Waals surface area contributed by atoms with Gasteiger partial charge in [-0.2, -0.15) is 0 Å². The van der Waals surface area contributed by atoms with Gasteiger partial charge in [-0.1, -0.05) is 18.2 Å². The number of halogens is 1. The van der Waals surface area contributed by atoms with Crippen LogP contribution in [0.5, 0.6) is 11.6 Å². The molecule has 0 saturated carbocycles. The van der Waals surface area contributed by atoms with Crippen molar-refractivity contribution in [1.29, 1.82) is 0 Å². The SMILES string of the molecule is Brc1scnc1Oc1ccccc1. The third kappa shape index (κ3) is 2.08. The molecule has 1 heterocycles. The zero-order chi connectivity index (χ0) is 9.10. The predicted molar refractivity (Wildman–Crippen MR) is 56.3 cm³/mol. The Kier molecular flexibility index (Phi) is 2.61. The molecule has 0 aliphatic carbocycles. The molecule has 2 rings (SSSR count). The van der Waals surface area contributed by atoms with E-state index in [1.807, 2.05) is 30.3 Å². The highest BCUT2D eigenvalue weighted by atomic mass is 79.9. The zero-order valence-electron chi connectivity index (χ0n) is 6.61. The number of rotatable bonds is 2. The van der Waals surface area contributed by atoms with Crippen LogP contribution in [0.3, 0.4) is 0 Å². The van der Waals surface area contributed by atoms with E-state index in [4.69, 9.17) is 4.74 Å². The second-order valence-electron chi connectivity index (χ2n) is 2.35. The molecule has 0 N–H and O–H groups in total. The molecule has 1 aromatic heterocycles. The van der Waals surface area contributed by atoms with Gasteiger partial charge in [0.2, 0.25) is 5.88 Å². The zero-order valence-corrected chi connectivity index (χ0v) is 9.01. The molecule has 0 amide bonds. The molecular weight excluding hydrogens is 250 g/mol. The Morgan fingerprint density at radius 1 is 1.23 bits per heavy atom. The quantitative estimate of drug-likeness (QED) is 0.817. The summed E-state index contributed by atoms with van der Waals surface area (Å²) in [5.74, 6) is 1.42. The topological polar surface area (TPSA) is 22.1 Å². The minimum absolute atomic E-state index is 0.621. The maximum atomic E-state index is 5.50. The second-order valence-corrected chi connectivity index (χ2v) is 4.52. The molecule has 0 fully saturated rings. The summed E-state index contributed by atoms with van der Waals surface area (Å²) in [7, 11) is 0. The monoisotopic (exact) mass is 255 g/mol. The van der Waals surface area contributed by atoms with E-state index in [2.05, 4.69) is 20.9 Å². The molecule has 0 aliphatic rings. The van der Waals surface area contributed by atoms with Gasteiger partial charge >= 0.3 is 0 Å². The van der Waals surface area contributed by atoms with Gasteiger partial charge in [0.15, 0.2) is 0 Å². The number of hydrogen-bond acceptors (Lipinski definition) is 3. The molecule has 4 heteroatoms. The number of aromatic nitrogens is 1. The van der Waals surface area contributed by atoms with Crippen LogP contribution in [0.4, 0.5) is 0 Å². The number of hydrogen-bond donors (Lipinski definition) is 0. The van der Waals surface area contributed by atoms with Crippen molar-refractivity contribution < 1.29 is 4.74 Å². The van der Waals surface area contributed by atoms with Gasteiger partial charge in [-0.25, -0.2) is 4.98 Å². The molecule has 66 valence electrons. The molecule has 0 aliphatic heterocycles. The molecule has 0 bridgehead atoms. The van der Waals surface area contributed by atoms with E-state index in [1.165, 1.54) is 11.3 Å². The van der Waals surface area contributed by atoms with Crippen molar-refractivity contribution in [2.24, 2.45) is 0 Å². The van der Waals surface area contributed by atoms with Gasteiger partial charge < -0.3 is 4.74 Å². The summed E-state index contributed by atoms with van der Waals surface area (Å²) in [6.07, 6.45) is 0. The lowest BCUT2D eigenvalue weighted by molar-refractivity contribution is 0.464. The summed E-state index contributed by atoms with van der Waals surface area (Å²) in [6, 6.07) is 9.59. The number of para-hydroxylation sites is 1. The van der Waals surface area contributed by atoms with Crippen LogP contribution < -0.4 is 4.74 Å². The minimum atomic E-state index is 0.621. The Balaban J connectivity index is 2.20. The molecule has 1 aromatic carbocycles. The highest BCUT2D eigenvalue weighted by Crippen LogP contribution is 2.30. The summed E-state index contributed by atoms with van der Waals surface area (Å²) in [6.45, 7) is 0. The van der Waals surface area contributed by atoms with Crippen LogP contribution in [0.2, 0.25) is 0 Å². The van der Waals surface area contributed by atoms with Gasteiger partial charge in [0.1, 0.15) is 9.54 Å². The highest BCUT2D eigenvalue weighted by molar-refractivity contribution is 9.11. The fraction of sp³-hybridized carbons (Fsp3) is 0. The lowest BCUT2D eigenvalue weighted by atomic mass is 10.3. The van der Waals surface area contributed by atoms with E-state index in [0.29, 0.717) is 5.88 Å². The molecule has 2 nitrogen and oxygen atoms in total. The first kappa shape index (κ1) is 8.72. The van der Waals surface area contributed by atoms with Crippen LogP contribution >= 0.6 is 27.3 Å². The van der Waals surface area contributed by atoms with Gasteiger partial charge in [-0.3, -0.25) is 0 Å². The van der Waals surface area contributed by atoms with Crippen LogP contribution in [0.15, 0.2) is 39.6 Å². The number of thiazole rings is 1. The lowest BCUT2D eigenvalue weighted by Gasteiger charge is -2.00. The van der Waals surface area contributed by atoms with Gasteiger partial charge in [-0.05, 0) is 28.1 Å². The van der Waals surface area contributed by atoms with E-state index in [0.717, 1.165) is 9.54 Å².